The monoisotopic (exact) mass is 261 g/mol. The average Bonchev–Trinajstić information content (AvgIpc) is 3.03. The van der Waals surface area contributed by atoms with Crippen LogP contribution in [0, 0.1) is 0 Å². The van der Waals surface area contributed by atoms with Gasteiger partial charge in [0.25, 0.3) is 0 Å². The molecule has 2 aromatic rings. The molecule has 0 radical (unpaired) electrons. The summed E-state index contributed by atoms with van der Waals surface area (Å²) in [5.41, 5.74) is 1.71. The van der Waals surface area contributed by atoms with Crippen LogP contribution in [0.15, 0.2) is 27.4 Å². The van der Waals surface area contributed by atoms with Crippen molar-refractivity contribution in [1.82, 2.24) is 4.57 Å². The normalized spacial score (nSPS) is 19.1. The standard InChI is InChI=1S/C14H15NO4/c1-2-15-10-6-5-9(8-12(10)19-14(15)17)13(16)11-4-3-7-18-11/h5-6,8,11H,2-4,7H2,1H3. The van der Waals surface area contributed by atoms with Gasteiger partial charge in [-0.2, -0.15) is 0 Å². The van der Waals surface area contributed by atoms with E-state index in [1.807, 2.05) is 6.92 Å². The fraction of sp³-hybridized carbons (Fsp3) is 0.429. The van der Waals surface area contributed by atoms with E-state index in [4.69, 9.17) is 9.15 Å². The molecular formula is C14H15NO4. The molecule has 1 aromatic heterocycles. The number of oxazole rings is 1. The molecule has 0 saturated carbocycles. The molecule has 1 aliphatic rings. The average molecular weight is 261 g/mol. The number of aromatic nitrogens is 1. The summed E-state index contributed by atoms with van der Waals surface area (Å²) >= 11 is 0. The van der Waals surface area contributed by atoms with Crippen molar-refractivity contribution in [3.05, 3.63) is 34.3 Å². The van der Waals surface area contributed by atoms with E-state index in [0.717, 1.165) is 18.4 Å². The molecule has 0 bridgehead atoms. The van der Waals surface area contributed by atoms with Gasteiger partial charge in [0, 0.05) is 18.7 Å². The summed E-state index contributed by atoms with van der Waals surface area (Å²) in [5.74, 6) is -0.425. The van der Waals surface area contributed by atoms with Gasteiger partial charge in [-0.25, -0.2) is 4.79 Å². The lowest BCUT2D eigenvalue weighted by molar-refractivity contribution is 0.0643. The molecule has 0 amide bonds. The first-order chi connectivity index (χ1) is 9.20. The predicted octanol–water partition coefficient (Wildman–Crippen LogP) is 1.98. The number of hydrogen-bond donors (Lipinski definition) is 0. The SMILES string of the molecule is CCn1c(=O)oc2cc(C(=O)C3CCCO3)ccc21. The summed E-state index contributed by atoms with van der Waals surface area (Å²) in [6, 6.07) is 5.12. The minimum absolute atomic E-state index is 0.0358. The molecular weight excluding hydrogens is 246 g/mol. The Balaban J connectivity index is 2.02. The minimum atomic E-state index is -0.390. The predicted molar refractivity (Wildman–Crippen MR) is 69.5 cm³/mol. The smallest absolute Gasteiger partial charge is 0.408 e. The van der Waals surface area contributed by atoms with E-state index in [9.17, 15) is 9.59 Å². The molecule has 1 fully saturated rings. The van der Waals surface area contributed by atoms with E-state index >= 15 is 0 Å². The molecule has 1 aromatic carbocycles. The topological polar surface area (TPSA) is 61.4 Å². The number of nitrogens with zero attached hydrogens (tertiary/aromatic N) is 1. The molecule has 0 aliphatic carbocycles. The van der Waals surface area contributed by atoms with Crippen LogP contribution in [0.3, 0.4) is 0 Å². The van der Waals surface area contributed by atoms with Crippen LogP contribution in [-0.2, 0) is 11.3 Å². The summed E-state index contributed by atoms with van der Waals surface area (Å²) < 4.78 is 12.1. The Morgan fingerprint density at radius 3 is 3.00 bits per heavy atom. The summed E-state index contributed by atoms with van der Waals surface area (Å²) in [5, 5.41) is 0. The maximum atomic E-state index is 12.2. The number of carbonyl (C=O) groups excluding carboxylic acids is 1. The second kappa shape index (κ2) is 4.66. The lowest BCUT2D eigenvalue weighted by Crippen LogP contribution is -2.19. The van der Waals surface area contributed by atoms with Crippen LogP contribution in [0.1, 0.15) is 30.1 Å². The zero-order chi connectivity index (χ0) is 13.4. The summed E-state index contributed by atoms with van der Waals surface area (Å²) in [7, 11) is 0. The maximum Gasteiger partial charge on any atom is 0.419 e. The van der Waals surface area contributed by atoms with Crippen molar-refractivity contribution in [1.29, 1.82) is 0 Å². The number of benzene rings is 1. The third-order valence-corrected chi connectivity index (χ3v) is 3.49. The van der Waals surface area contributed by atoms with Gasteiger partial charge in [0.2, 0.25) is 0 Å². The van der Waals surface area contributed by atoms with Crippen LogP contribution in [0.5, 0.6) is 0 Å². The third kappa shape index (κ3) is 2.00. The van der Waals surface area contributed by atoms with Crippen LogP contribution < -0.4 is 5.76 Å². The number of fused-ring (bicyclic) bond motifs is 1. The number of carbonyl (C=O) groups is 1. The molecule has 5 heteroatoms. The summed E-state index contributed by atoms with van der Waals surface area (Å²) in [6.07, 6.45) is 1.33. The summed E-state index contributed by atoms with van der Waals surface area (Å²) in [6.45, 7) is 3.06. The largest absolute Gasteiger partial charge is 0.419 e. The van der Waals surface area contributed by atoms with Crippen LogP contribution in [0.4, 0.5) is 0 Å². The van der Waals surface area contributed by atoms with Gasteiger partial charge in [-0.15, -0.1) is 0 Å². The van der Waals surface area contributed by atoms with E-state index in [1.54, 1.807) is 18.2 Å². The molecule has 2 heterocycles. The Morgan fingerprint density at radius 2 is 2.32 bits per heavy atom. The van der Waals surface area contributed by atoms with Crippen molar-refractivity contribution in [2.45, 2.75) is 32.4 Å². The van der Waals surface area contributed by atoms with E-state index in [2.05, 4.69) is 0 Å². The van der Waals surface area contributed by atoms with E-state index < -0.39 is 0 Å². The van der Waals surface area contributed by atoms with Crippen molar-refractivity contribution in [3.8, 4) is 0 Å². The maximum absolute atomic E-state index is 12.2. The number of hydrogen-bond acceptors (Lipinski definition) is 4. The summed E-state index contributed by atoms with van der Waals surface area (Å²) in [4.78, 5) is 23.8. The quantitative estimate of drug-likeness (QED) is 0.792. The zero-order valence-electron chi connectivity index (χ0n) is 10.7. The molecule has 0 spiro atoms. The van der Waals surface area contributed by atoms with Gasteiger partial charge in [0.05, 0.1) is 5.52 Å². The molecule has 19 heavy (non-hydrogen) atoms. The number of ether oxygens (including phenoxy) is 1. The molecule has 1 unspecified atom stereocenters. The second-order valence-electron chi connectivity index (χ2n) is 4.66. The highest BCUT2D eigenvalue weighted by Gasteiger charge is 2.25. The van der Waals surface area contributed by atoms with Gasteiger partial charge in [-0.05, 0) is 38.0 Å². The number of ketones is 1. The molecule has 3 rings (SSSR count). The molecule has 1 aliphatic heterocycles. The Hall–Kier alpha value is -1.88. The van der Waals surface area contributed by atoms with Crippen LogP contribution in [0.2, 0.25) is 0 Å². The Labute approximate surface area is 109 Å². The molecule has 1 atom stereocenters. The molecule has 0 N–H and O–H groups in total. The van der Waals surface area contributed by atoms with Crippen molar-refractivity contribution in [2.75, 3.05) is 6.61 Å². The lowest BCUT2D eigenvalue weighted by atomic mass is 10.0. The van der Waals surface area contributed by atoms with Crippen LogP contribution in [-0.4, -0.2) is 23.1 Å². The Morgan fingerprint density at radius 1 is 1.47 bits per heavy atom. The fourth-order valence-electron chi connectivity index (χ4n) is 2.49. The van der Waals surface area contributed by atoms with E-state index in [-0.39, 0.29) is 17.6 Å². The second-order valence-corrected chi connectivity index (χ2v) is 4.66. The van der Waals surface area contributed by atoms with Gasteiger partial charge in [0.1, 0.15) is 6.10 Å². The van der Waals surface area contributed by atoms with Gasteiger partial charge in [-0.3, -0.25) is 9.36 Å². The highest BCUT2D eigenvalue weighted by Crippen LogP contribution is 2.20. The van der Waals surface area contributed by atoms with Gasteiger partial charge < -0.3 is 9.15 Å². The van der Waals surface area contributed by atoms with Gasteiger partial charge in [-0.1, -0.05) is 0 Å². The number of rotatable bonds is 3. The van der Waals surface area contributed by atoms with Crippen molar-refractivity contribution >= 4 is 16.9 Å². The van der Waals surface area contributed by atoms with Crippen LogP contribution >= 0.6 is 0 Å². The number of Topliss-reactive ketones (excluding diaryl/α,β-unsaturated/α-hetero) is 1. The van der Waals surface area contributed by atoms with Crippen molar-refractivity contribution in [2.24, 2.45) is 0 Å². The molecule has 5 nitrogen and oxygen atoms in total. The van der Waals surface area contributed by atoms with Crippen molar-refractivity contribution in [3.63, 3.8) is 0 Å². The first kappa shape index (κ1) is 12.2. The Bertz CT molecular complexity index is 676. The third-order valence-electron chi connectivity index (χ3n) is 3.49. The van der Waals surface area contributed by atoms with Crippen molar-refractivity contribution < 1.29 is 13.9 Å². The van der Waals surface area contributed by atoms with E-state index in [1.165, 1.54) is 4.57 Å². The minimum Gasteiger partial charge on any atom is -0.408 e. The van der Waals surface area contributed by atoms with Crippen LogP contribution in [0.25, 0.3) is 11.1 Å². The highest BCUT2D eigenvalue weighted by atomic mass is 16.5. The Kier molecular flexibility index (Phi) is 2.98. The highest BCUT2D eigenvalue weighted by molar-refractivity contribution is 6.01. The lowest BCUT2D eigenvalue weighted by Gasteiger charge is -2.07. The molecule has 1 saturated heterocycles. The van der Waals surface area contributed by atoms with Gasteiger partial charge in [0.15, 0.2) is 11.4 Å². The zero-order valence-corrected chi connectivity index (χ0v) is 10.7. The molecule has 100 valence electrons. The van der Waals surface area contributed by atoms with Gasteiger partial charge >= 0.3 is 5.76 Å². The fourth-order valence-corrected chi connectivity index (χ4v) is 2.49. The van der Waals surface area contributed by atoms with E-state index in [0.29, 0.717) is 24.3 Å². The first-order valence-corrected chi connectivity index (χ1v) is 6.50. The number of aryl methyl sites for hydroxylation is 1. The first-order valence-electron chi connectivity index (χ1n) is 6.50.